The molecule has 23 heavy (non-hydrogen) atoms. The van der Waals surface area contributed by atoms with Gasteiger partial charge in [-0.25, -0.2) is 0 Å². The fourth-order valence-electron chi connectivity index (χ4n) is 3.63. The fourth-order valence-corrected chi connectivity index (χ4v) is 3.63. The summed E-state index contributed by atoms with van der Waals surface area (Å²) in [5.74, 6) is 0.902. The summed E-state index contributed by atoms with van der Waals surface area (Å²) < 4.78 is 7.98. The molecule has 0 unspecified atom stereocenters. The minimum Gasteiger partial charge on any atom is -0.493 e. The Bertz CT molecular complexity index is 759. The van der Waals surface area contributed by atoms with E-state index in [0.717, 1.165) is 29.0 Å². The SMILES string of the molecule is Cc1cc(C(=O)N[C@@H]2CCOc3ccccc32)c(C)n1C1CC1. The van der Waals surface area contributed by atoms with Crippen LogP contribution in [0.3, 0.4) is 0 Å². The molecular weight excluding hydrogens is 288 g/mol. The van der Waals surface area contributed by atoms with E-state index in [0.29, 0.717) is 12.6 Å². The predicted molar refractivity (Wildman–Crippen MR) is 88.9 cm³/mol. The van der Waals surface area contributed by atoms with Crippen molar-refractivity contribution < 1.29 is 9.53 Å². The van der Waals surface area contributed by atoms with Crippen molar-refractivity contribution >= 4 is 5.91 Å². The molecule has 1 aromatic carbocycles. The molecule has 1 fully saturated rings. The van der Waals surface area contributed by atoms with Gasteiger partial charge in [-0.05, 0) is 38.8 Å². The van der Waals surface area contributed by atoms with Crippen LogP contribution in [0.15, 0.2) is 30.3 Å². The first-order valence-electron chi connectivity index (χ1n) is 8.36. The van der Waals surface area contributed by atoms with Gasteiger partial charge < -0.3 is 14.6 Å². The number of carbonyl (C=O) groups excluding carboxylic acids is 1. The lowest BCUT2D eigenvalue weighted by Gasteiger charge is -2.26. The highest BCUT2D eigenvalue weighted by atomic mass is 16.5. The lowest BCUT2D eigenvalue weighted by molar-refractivity contribution is 0.0924. The van der Waals surface area contributed by atoms with Crippen LogP contribution in [-0.4, -0.2) is 17.1 Å². The van der Waals surface area contributed by atoms with Crippen LogP contribution < -0.4 is 10.1 Å². The van der Waals surface area contributed by atoms with Crippen LogP contribution in [0.1, 0.15) is 58.7 Å². The largest absolute Gasteiger partial charge is 0.493 e. The summed E-state index contributed by atoms with van der Waals surface area (Å²) in [7, 11) is 0. The first-order valence-corrected chi connectivity index (χ1v) is 8.36. The average Bonchev–Trinajstić information content (AvgIpc) is 3.33. The van der Waals surface area contributed by atoms with Gasteiger partial charge in [-0.3, -0.25) is 4.79 Å². The van der Waals surface area contributed by atoms with E-state index in [9.17, 15) is 4.79 Å². The lowest BCUT2D eigenvalue weighted by Crippen LogP contribution is -2.32. The summed E-state index contributed by atoms with van der Waals surface area (Å²) in [6.45, 7) is 4.78. The number of hydrogen-bond acceptors (Lipinski definition) is 2. The van der Waals surface area contributed by atoms with Crippen molar-refractivity contribution in [1.29, 1.82) is 0 Å². The number of rotatable bonds is 3. The van der Waals surface area contributed by atoms with Crippen LogP contribution in [-0.2, 0) is 0 Å². The van der Waals surface area contributed by atoms with Gasteiger partial charge in [0.15, 0.2) is 0 Å². The van der Waals surface area contributed by atoms with Gasteiger partial charge in [0.05, 0.1) is 18.2 Å². The maximum absolute atomic E-state index is 12.8. The zero-order chi connectivity index (χ0) is 16.0. The van der Waals surface area contributed by atoms with Crippen molar-refractivity contribution in [2.75, 3.05) is 6.61 Å². The molecule has 2 aromatic rings. The number of fused-ring (bicyclic) bond motifs is 1. The second kappa shape index (κ2) is 5.44. The van der Waals surface area contributed by atoms with Crippen LogP contribution in [0, 0.1) is 13.8 Å². The molecule has 1 N–H and O–H groups in total. The van der Waals surface area contributed by atoms with E-state index in [1.165, 1.54) is 18.5 Å². The molecule has 1 aromatic heterocycles. The number of hydrogen-bond donors (Lipinski definition) is 1. The Balaban J connectivity index is 1.58. The van der Waals surface area contributed by atoms with Crippen LogP contribution in [0.25, 0.3) is 0 Å². The number of benzene rings is 1. The van der Waals surface area contributed by atoms with Crippen molar-refractivity contribution in [3.05, 3.63) is 52.8 Å². The fraction of sp³-hybridized carbons (Fsp3) is 0.421. The van der Waals surface area contributed by atoms with Gasteiger partial charge in [0, 0.05) is 29.4 Å². The summed E-state index contributed by atoms with van der Waals surface area (Å²) >= 11 is 0. The van der Waals surface area contributed by atoms with Gasteiger partial charge in [-0.1, -0.05) is 18.2 Å². The number of nitrogens with one attached hydrogen (secondary N) is 1. The molecule has 1 saturated carbocycles. The minimum atomic E-state index is 0.0201. The standard InChI is InChI=1S/C19H22N2O2/c1-12-11-16(13(2)21(12)14-7-8-14)19(22)20-17-9-10-23-18-6-4-3-5-15(17)18/h3-6,11,14,17H,7-10H2,1-2H3,(H,20,22)/t17-/m1/s1. The van der Waals surface area contributed by atoms with Gasteiger partial charge in [0.25, 0.3) is 5.91 Å². The molecule has 0 saturated heterocycles. The number of aromatic nitrogens is 1. The Labute approximate surface area is 136 Å². The third kappa shape index (κ3) is 2.52. The van der Waals surface area contributed by atoms with Crippen LogP contribution in [0.4, 0.5) is 0 Å². The van der Waals surface area contributed by atoms with E-state index in [1.54, 1.807) is 0 Å². The number of aryl methyl sites for hydroxylation is 1. The van der Waals surface area contributed by atoms with Crippen LogP contribution >= 0.6 is 0 Å². The zero-order valence-corrected chi connectivity index (χ0v) is 13.6. The second-order valence-corrected chi connectivity index (χ2v) is 6.59. The van der Waals surface area contributed by atoms with Crippen molar-refractivity contribution in [3.8, 4) is 5.75 Å². The quantitative estimate of drug-likeness (QED) is 0.939. The highest BCUT2D eigenvalue weighted by Crippen LogP contribution is 2.38. The Hall–Kier alpha value is -2.23. The molecule has 1 aliphatic heterocycles. The molecule has 1 amide bonds. The molecule has 0 radical (unpaired) electrons. The molecule has 1 atom stereocenters. The summed E-state index contributed by atoms with van der Waals surface area (Å²) in [6.07, 6.45) is 3.26. The van der Waals surface area contributed by atoms with Gasteiger partial charge in [0.1, 0.15) is 5.75 Å². The molecule has 0 spiro atoms. The molecule has 2 aliphatic rings. The maximum Gasteiger partial charge on any atom is 0.253 e. The molecule has 2 heterocycles. The smallest absolute Gasteiger partial charge is 0.253 e. The van der Waals surface area contributed by atoms with E-state index < -0.39 is 0 Å². The predicted octanol–water partition coefficient (Wildman–Crippen LogP) is 3.69. The monoisotopic (exact) mass is 310 g/mol. The summed E-state index contributed by atoms with van der Waals surface area (Å²) in [5, 5.41) is 3.20. The minimum absolute atomic E-state index is 0.0201. The molecule has 4 nitrogen and oxygen atoms in total. The van der Waals surface area contributed by atoms with E-state index in [4.69, 9.17) is 4.74 Å². The van der Waals surface area contributed by atoms with Crippen molar-refractivity contribution in [3.63, 3.8) is 0 Å². The first-order chi connectivity index (χ1) is 11.1. The van der Waals surface area contributed by atoms with E-state index in [-0.39, 0.29) is 11.9 Å². The third-order valence-corrected chi connectivity index (χ3v) is 4.90. The Morgan fingerprint density at radius 2 is 2.00 bits per heavy atom. The first kappa shape index (κ1) is 14.4. The zero-order valence-electron chi connectivity index (χ0n) is 13.6. The topological polar surface area (TPSA) is 43.3 Å². The highest BCUT2D eigenvalue weighted by Gasteiger charge is 2.29. The number of para-hydroxylation sites is 1. The second-order valence-electron chi connectivity index (χ2n) is 6.59. The lowest BCUT2D eigenvalue weighted by atomic mass is 10.00. The molecule has 4 rings (SSSR count). The maximum atomic E-state index is 12.8. The number of nitrogens with zero attached hydrogens (tertiary/aromatic N) is 1. The van der Waals surface area contributed by atoms with Gasteiger partial charge in [-0.2, -0.15) is 0 Å². The van der Waals surface area contributed by atoms with Crippen molar-refractivity contribution in [2.45, 2.75) is 45.2 Å². The van der Waals surface area contributed by atoms with Gasteiger partial charge in [-0.15, -0.1) is 0 Å². The third-order valence-electron chi connectivity index (χ3n) is 4.90. The number of ether oxygens (including phenoxy) is 1. The highest BCUT2D eigenvalue weighted by molar-refractivity contribution is 5.96. The average molecular weight is 310 g/mol. The van der Waals surface area contributed by atoms with Crippen molar-refractivity contribution in [1.82, 2.24) is 9.88 Å². The Morgan fingerprint density at radius 1 is 1.22 bits per heavy atom. The molecular formula is C19H22N2O2. The Kier molecular flexibility index (Phi) is 3.40. The summed E-state index contributed by atoms with van der Waals surface area (Å²) in [4.78, 5) is 12.8. The summed E-state index contributed by atoms with van der Waals surface area (Å²) in [5.41, 5.74) is 4.15. The van der Waals surface area contributed by atoms with Crippen LogP contribution in [0.5, 0.6) is 5.75 Å². The summed E-state index contributed by atoms with van der Waals surface area (Å²) in [6, 6.07) is 10.6. The van der Waals surface area contributed by atoms with Gasteiger partial charge >= 0.3 is 0 Å². The van der Waals surface area contributed by atoms with Crippen LogP contribution in [0.2, 0.25) is 0 Å². The molecule has 4 heteroatoms. The molecule has 0 bridgehead atoms. The number of amides is 1. The normalized spacial score (nSPS) is 19.8. The van der Waals surface area contributed by atoms with E-state index in [2.05, 4.69) is 23.7 Å². The van der Waals surface area contributed by atoms with E-state index in [1.807, 2.05) is 30.3 Å². The molecule has 1 aliphatic carbocycles. The van der Waals surface area contributed by atoms with Crippen molar-refractivity contribution in [2.24, 2.45) is 0 Å². The number of carbonyl (C=O) groups is 1. The van der Waals surface area contributed by atoms with E-state index >= 15 is 0 Å². The van der Waals surface area contributed by atoms with Gasteiger partial charge in [0.2, 0.25) is 0 Å². The molecule has 120 valence electrons. The Morgan fingerprint density at radius 3 is 2.78 bits per heavy atom.